The van der Waals surface area contributed by atoms with Gasteiger partial charge in [0.1, 0.15) is 0 Å². The van der Waals surface area contributed by atoms with E-state index in [0.717, 1.165) is 25.7 Å². The number of alkyl halides is 3. The van der Waals surface area contributed by atoms with Gasteiger partial charge < -0.3 is 10.5 Å². The molecule has 17 heavy (non-hydrogen) atoms. The lowest BCUT2D eigenvalue weighted by Gasteiger charge is -2.48. The van der Waals surface area contributed by atoms with Crippen molar-refractivity contribution >= 4 is 0 Å². The molecule has 2 rings (SSSR count). The smallest absolute Gasteiger partial charge is 0.375 e. The highest BCUT2D eigenvalue weighted by atomic mass is 19.4. The number of hydrogen-bond donors (Lipinski definition) is 1. The maximum atomic E-state index is 12.1. The van der Waals surface area contributed by atoms with Gasteiger partial charge in [-0.25, -0.2) is 0 Å². The van der Waals surface area contributed by atoms with Gasteiger partial charge in [-0.15, -0.1) is 0 Å². The molecule has 0 amide bonds. The first-order valence-corrected chi connectivity index (χ1v) is 6.37. The lowest BCUT2D eigenvalue weighted by Crippen LogP contribution is -2.49. The summed E-state index contributed by atoms with van der Waals surface area (Å²) in [4.78, 5) is 0. The highest BCUT2D eigenvalue weighted by Crippen LogP contribution is 2.45. The average Bonchev–Trinajstić information content (AvgIpc) is 2.23. The molecule has 0 aromatic heterocycles. The lowest BCUT2D eigenvalue weighted by molar-refractivity contribution is -0.151. The van der Waals surface area contributed by atoms with E-state index in [9.17, 15) is 13.2 Å². The standard InChI is InChI=1S/C12H20F3NO/c13-12(14,15)6-2-10(16)9-3-7-17-11(8-9)4-1-5-11/h9-10H,1-8,16H2. The van der Waals surface area contributed by atoms with E-state index in [1.54, 1.807) is 0 Å². The molecule has 2 fully saturated rings. The molecule has 5 heteroatoms. The molecule has 1 aliphatic carbocycles. The van der Waals surface area contributed by atoms with E-state index < -0.39 is 12.6 Å². The SMILES string of the molecule is NC(CCC(F)(F)F)C1CCOC2(CCC2)C1. The van der Waals surface area contributed by atoms with E-state index in [0.29, 0.717) is 6.61 Å². The van der Waals surface area contributed by atoms with E-state index in [-0.39, 0.29) is 24.0 Å². The van der Waals surface area contributed by atoms with Gasteiger partial charge >= 0.3 is 6.18 Å². The molecule has 1 spiro atoms. The zero-order chi connectivity index (χ0) is 12.5. The molecule has 0 radical (unpaired) electrons. The molecular formula is C12H20F3NO. The van der Waals surface area contributed by atoms with Crippen molar-refractivity contribution < 1.29 is 17.9 Å². The van der Waals surface area contributed by atoms with Crippen LogP contribution in [-0.2, 0) is 4.74 Å². The Morgan fingerprint density at radius 2 is 2.06 bits per heavy atom. The van der Waals surface area contributed by atoms with Crippen molar-refractivity contribution in [2.24, 2.45) is 11.7 Å². The quantitative estimate of drug-likeness (QED) is 0.836. The predicted molar refractivity (Wildman–Crippen MR) is 58.5 cm³/mol. The van der Waals surface area contributed by atoms with Crippen molar-refractivity contribution in [2.45, 2.75) is 62.8 Å². The van der Waals surface area contributed by atoms with E-state index in [1.807, 2.05) is 0 Å². The molecule has 2 unspecified atom stereocenters. The zero-order valence-corrected chi connectivity index (χ0v) is 9.93. The molecule has 1 saturated heterocycles. The van der Waals surface area contributed by atoms with Gasteiger partial charge in [0.2, 0.25) is 0 Å². The normalized spacial score (nSPS) is 30.0. The van der Waals surface area contributed by atoms with Crippen LogP contribution in [0, 0.1) is 5.92 Å². The van der Waals surface area contributed by atoms with E-state index >= 15 is 0 Å². The van der Waals surface area contributed by atoms with Crippen LogP contribution in [0.1, 0.15) is 44.9 Å². The third-order valence-corrected chi connectivity index (χ3v) is 4.16. The second-order valence-corrected chi connectivity index (χ2v) is 5.46. The van der Waals surface area contributed by atoms with Crippen LogP contribution in [-0.4, -0.2) is 24.4 Å². The Bertz CT molecular complexity index is 263. The fraction of sp³-hybridized carbons (Fsp3) is 1.00. The van der Waals surface area contributed by atoms with Crippen molar-refractivity contribution in [3.63, 3.8) is 0 Å². The first-order chi connectivity index (χ1) is 7.90. The van der Waals surface area contributed by atoms with Gasteiger partial charge in [-0.2, -0.15) is 13.2 Å². The molecular weight excluding hydrogens is 231 g/mol. The van der Waals surface area contributed by atoms with Crippen LogP contribution in [0.5, 0.6) is 0 Å². The third kappa shape index (κ3) is 3.35. The van der Waals surface area contributed by atoms with Gasteiger partial charge in [0, 0.05) is 19.1 Å². The fourth-order valence-corrected chi connectivity index (χ4v) is 2.92. The van der Waals surface area contributed by atoms with Crippen LogP contribution >= 0.6 is 0 Å². The summed E-state index contributed by atoms with van der Waals surface area (Å²) in [6, 6.07) is -0.335. The first-order valence-electron chi connectivity index (χ1n) is 6.37. The molecule has 0 bridgehead atoms. The maximum absolute atomic E-state index is 12.1. The number of rotatable bonds is 3. The highest BCUT2D eigenvalue weighted by Gasteiger charge is 2.44. The minimum atomic E-state index is -4.09. The number of hydrogen-bond acceptors (Lipinski definition) is 2. The van der Waals surface area contributed by atoms with Crippen LogP contribution in [0.4, 0.5) is 13.2 Å². The summed E-state index contributed by atoms with van der Waals surface area (Å²) in [5.41, 5.74) is 5.87. The van der Waals surface area contributed by atoms with Crippen molar-refractivity contribution in [3.8, 4) is 0 Å². The Morgan fingerprint density at radius 1 is 1.35 bits per heavy atom. The second kappa shape index (κ2) is 4.76. The zero-order valence-electron chi connectivity index (χ0n) is 9.93. The average molecular weight is 251 g/mol. The van der Waals surface area contributed by atoms with E-state index in [4.69, 9.17) is 10.5 Å². The molecule has 2 atom stereocenters. The maximum Gasteiger partial charge on any atom is 0.389 e. The van der Waals surface area contributed by atoms with Crippen LogP contribution in [0.15, 0.2) is 0 Å². The molecule has 2 N–H and O–H groups in total. The van der Waals surface area contributed by atoms with Crippen LogP contribution < -0.4 is 5.73 Å². The molecule has 1 saturated carbocycles. The van der Waals surface area contributed by atoms with Crippen LogP contribution in [0.2, 0.25) is 0 Å². The summed E-state index contributed by atoms with van der Waals surface area (Å²) < 4.78 is 42.1. The minimum Gasteiger partial charge on any atom is -0.375 e. The van der Waals surface area contributed by atoms with E-state index in [1.165, 1.54) is 6.42 Å². The lowest BCUT2D eigenvalue weighted by atomic mass is 9.70. The van der Waals surface area contributed by atoms with Crippen molar-refractivity contribution in [3.05, 3.63) is 0 Å². The van der Waals surface area contributed by atoms with Gasteiger partial charge in [0.15, 0.2) is 0 Å². The van der Waals surface area contributed by atoms with Crippen molar-refractivity contribution in [2.75, 3.05) is 6.61 Å². The van der Waals surface area contributed by atoms with Gasteiger partial charge in [-0.05, 0) is 44.4 Å². The van der Waals surface area contributed by atoms with Gasteiger partial charge in [-0.1, -0.05) is 0 Å². The van der Waals surface area contributed by atoms with Crippen LogP contribution in [0.3, 0.4) is 0 Å². The number of nitrogens with two attached hydrogens (primary N) is 1. The summed E-state index contributed by atoms with van der Waals surface area (Å²) in [6.07, 6.45) is 0.127. The van der Waals surface area contributed by atoms with Crippen molar-refractivity contribution in [1.29, 1.82) is 0 Å². The Balaban J connectivity index is 1.80. The monoisotopic (exact) mass is 251 g/mol. The Kier molecular flexibility index (Phi) is 3.69. The number of halogens is 3. The summed E-state index contributed by atoms with van der Waals surface area (Å²) in [7, 11) is 0. The number of ether oxygens (including phenoxy) is 1. The minimum absolute atomic E-state index is 0.0290. The second-order valence-electron chi connectivity index (χ2n) is 5.46. The molecule has 2 aliphatic rings. The summed E-state index contributed by atoms with van der Waals surface area (Å²) in [5.74, 6) is 0.200. The molecule has 100 valence electrons. The fourth-order valence-electron chi connectivity index (χ4n) is 2.92. The summed E-state index contributed by atoms with van der Waals surface area (Å²) in [6.45, 7) is 0.657. The van der Waals surface area contributed by atoms with Gasteiger partial charge in [-0.3, -0.25) is 0 Å². The Hall–Kier alpha value is -0.290. The molecule has 0 aromatic rings. The summed E-state index contributed by atoms with van der Waals surface area (Å²) in [5, 5.41) is 0. The summed E-state index contributed by atoms with van der Waals surface area (Å²) >= 11 is 0. The van der Waals surface area contributed by atoms with Crippen molar-refractivity contribution in [1.82, 2.24) is 0 Å². The molecule has 1 heterocycles. The third-order valence-electron chi connectivity index (χ3n) is 4.16. The molecule has 2 nitrogen and oxygen atoms in total. The topological polar surface area (TPSA) is 35.2 Å². The Labute approximate surface area is 99.7 Å². The predicted octanol–water partition coefficient (Wildman–Crippen LogP) is 3.01. The Morgan fingerprint density at radius 3 is 2.59 bits per heavy atom. The molecule has 1 aliphatic heterocycles. The van der Waals surface area contributed by atoms with Crippen LogP contribution in [0.25, 0.3) is 0 Å². The van der Waals surface area contributed by atoms with Gasteiger partial charge in [0.05, 0.1) is 5.60 Å². The first kappa shape index (κ1) is 13.1. The highest BCUT2D eigenvalue weighted by molar-refractivity contribution is 4.96. The molecule has 0 aromatic carbocycles. The van der Waals surface area contributed by atoms with E-state index in [2.05, 4.69) is 0 Å². The largest absolute Gasteiger partial charge is 0.389 e. The van der Waals surface area contributed by atoms with Gasteiger partial charge in [0.25, 0.3) is 0 Å².